The van der Waals surface area contributed by atoms with Crippen molar-refractivity contribution in [3.8, 4) is 0 Å². The van der Waals surface area contributed by atoms with Crippen LogP contribution in [0.4, 0.5) is 11.6 Å². The van der Waals surface area contributed by atoms with Crippen molar-refractivity contribution in [2.45, 2.75) is 33.2 Å². The number of aromatic nitrogens is 3. The molecule has 0 fully saturated rings. The molecule has 4 N–H and O–H groups in total. The van der Waals surface area contributed by atoms with Crippen molar-refractivity contribution in [3.63, 3.8) is 0 Å². The van der Waals surface area contributed by atoms with Crippen molar-refractivity contribution in [2.24, 2.45) is 5.84 Å². The van der Waals surface area contributed by atoms with Crippen LogP contribution in [0.25, 0.3) is 0 Å². The molecule has 0 aliphatic carbocycles. The second-order valence-electron chi connectivity index (χ2n) is 4.22. The third-order valence-corrected chi connectivity index (χ3v) is 3.89. The van der Waals surface area contributed by atoms with Gasteiger partial charge in [-0.25, -0.2) is 20.8 Å². The van der Waals surface area contributed by atoms with E-state index in [-0.39, 0.29) is 6.04 Å². The van der Waals surface area contributed by atoms with Crippen LogP contribution < -0.4 is 16.6 Å². The molecule has 0 radical (unpaired) electrons. The van der Waals surface area contributed by atoms with Crippen LogP contribution in [-0.4, -0.2) is 15.0 Å². The molecular formula is C12H18N6S. The summed E-state index contributed by atoms with van der Waals surface area (Å²) in [6.07, 6.45) is 4.18. The van der Waals surface area contributed by atoms with Gasteiger partial charge in [0.2, 0.25) is 0 Å². The third-order valence-electron chi connectivity index (χ3n) is 2.80. The van der Waals surface area contributed by atoms with Crippen molar-refractivity contribution in [3.05, 3.63) is 28.0 Å². The molecule has 7 heteroatoms. The lowest BCUT2D eigenvalue weighted by atomic mass is 10.2. The molecule has 6 nitrogen and oxygen atoms in total. The van der Waals surface area contributed by atoms with E-state index in [9.17, 15) is 0 Å². The minimum absolute atomic E-state index is 0.101. The lowest BCUT2D eigenvalue weighted by Gasteiger charge is -2.16. The molecule has 0 saturated carbocycles. The number of hydrazine groups is 1. The maximum Gasteiger partial charge on any atom is 0.148 e. The second-order valence-corrected chi connectivity index (χ2v) is 5.49. The molecule has 0 aromatic carbocycles. The topological polar surface area (TPSA) is 88.8 Å². The number of thiazole rings is 1. The van der Waals surface area contributed by atoms with Gasteiger partial charge in [-0.3, -0.25) is 0 Å². The number of nitrogen functional groups attached to an aromatic ring is 1. The van der Waals surface area contributed by atoms with Gasteiger partial charge in [-0.1, -0.05) is 6.92 Å². The first-order valence-corrected chi connectivity index (χ1v) is 6.96. The Morgan fingerprint density at radius 3 is 2.63 bits per heavy atom. The quantitative estimate of drug-likeness (QED) is 0.574. The average molecular weight is 278 g/mol. The average Bonchev–Trinajstić information content (AvgIpc) is 2.85. The van der Waals surface area contributed by atoms with Gasteiger partial charge in [0.15, 0.2) is 0 Å². The van der Waals surface area contributed by atoms with Gasteiger partial charge in [0.1, 0.15) is 23.0 Å². The maximum absolute atomic E-state index is 5.46. The van der Waals surface area contributed by atoms with Crippen LogP contribution in [0.1, 0.15) is 35.3 Å². The number of nitrogens with zero attached hydrogens (tertiary/aromatic N) is 3. The van der Waals surface area contributed by atoms with Gasteiger partial charge in [0.05, 0.1) is 6.04 Å². The van der Waals surface area contributed by atoms with E-state index in [1.807, 2.05) is 20.0 Å². The molecule has 0 bridgehead atoms. The Kier molecular flexibility index (Phi) is 4.28. The van der Waals surface area contributed by atoms with Crippen molar-refractivity contribution in [1.82, 2.24) is 15.0 Å². The zero-order chi connectivity index (χ0) is 13.8. The van der Waals surface area contributed by atoms with Crippen molar-refractivity contribution < 1.29 is 0 Å². The van der Waals surface area contributed by atoms with E-state index < -0.39 is 0 Å². The van der Waals surface area contributed by atoms with Crippen LogP contribution in [0.3, 0.4) is 0 Å². The van der Waals surface area contributed by atoms with Crippen LogP contribution in [0.2, 0.25) is 0 Å². The number of hydrogen-bond donors (Lipinski definition) is 3. The first kappa shape index (κ1) is 13.7. The van der Waals surface area contributed by atoms with E-state index in [1.165, 1.54) is 11.2 Å². The predicted octanol–water partition coefficient (Wildman–Crippen LogP) is 2.26. The Balaban J connectivity index is 2.23. The van der Waals surface area contributed by atoms with Gasteiger partial charge in [-0.2, -0.15) is 0 Å². The van der Waals surface area contributed by atoms with E-state index in [1.54, 1.807) is 11.3 Å². The summed E-state index contributed by atoms with van der Waals surface area (Å²) >= 11 is 1.68. The smallest absolute Gasteiger partial charge is 0.148 e. The summed E-state index contributed by atoms with van der Waals surface area (Å²) in [5.41, 5.74) is 3.58. The number of anilines is 2. The van der Waals surface area contributed by atoms with Gasteiger partial charge in [0.25, 0.3) is 0 Å². The number of nitrogens with two attached hydrogens (primary N) is 1. The van der Waals surface area contributed by atoms with Crippen LogP contribution >= 0.6 is 11.3 Å². The highest BCUT2D eigenvalue weighted by molar-refractivity contribution is 7.11. The molecule has 0 aliphatic heterocycles. The van der Waals surface area contributed by atoms with E-state index in [4.69, 9.17) is 5.84 Å². The standard InChI is InChI=1S/C12H18N6S/c1-4-9-10(15-6-16-11(9)18-13)17-8(3)12-14-5-7(2)19-12/h5-6,8H,4,13H2,1-3H3,(H2,15,16,17,18). The summed E-state index contributed by atoms with van der Waals surface area (Å²) in [5, 5.41) is 4.41. The van der Waals surface area contributed by atoms with Gasteiger partial charge < -0.3 is 10.7 Å². The van der Waals surface area contributed by atoms with E-state index in [0.29, 0.717) is 5.82 Å². The van der Waals surface area contributed by atoms with Gasteiger partial charge in [-0.05, 0) is 20.3 Å². The first-order valence-electron chi connectivity index (χ1n) is 6.15. The molecule has 1 unspecified atom stereocenters. The minimum atomic E-state index is 0.101. The fourth-order valence-corrected chi connectivity index (χ4v) is 2.61. The summed E-state index contributed by atoms with van der Waals surface area (Å²) in [4.78, 5) is 14.0. The van der Waals surface area contributed by atoms with E-state index in [0.717, 1.165) is 22.8 Å². The minimum Gasteiger partial charge on any atom is -0.361 e. The lowest BCUT2D eigenvalue weighted by Crippen LogP contribution is -2.15. The highest BCUT2D eigenvalue weighted by Crippen LogP contribution is 2.26. The molecule has 2 aromatic heterocycles. The van der Waals surface area contributed by atoms with E-state index >= 15 is 0 Å². The normalized spacial score (nSPS) is 12.2. The Bertz CT molecular complexity index is 553. The zero-order valence-electron chi connectivity index (χ0n) is 11.3. The number of aryl methyl sites for hydroxylation is 1. The molecule has 0 aliphatic rings. The molecule has 102 valence electrons. The van der Waals surface area contributed by atoms with Crippen molar-refractivity contribution in [2.75, 3.05) is 10.7 Å². The fraction of sp³-hybridized carbons (Fsp3) is 0.417. The zero-order valence-corrected chi connectivity index (χ0v) is 12.1. The molecule has 2 aromatic rings. The molecular weight excluding hydrogens is 260 g/mol. The molecule has 0 amide bonds. The van der Waals surface area contributed by atoms with Gasteiger partial charge in [-0.15, -0.1) is 11.3 Å². The van der Waals surface area contributed by atoms with Crippen molar-refractivity contribution >= 4 is 23.0 Å². The second kappa shape index (κ2) is 5.94. The molecule has 2 rings (SSSR count). The third kappa shape index (κ3) is 2.99. The molecule has 0 saturated heterocycles. The van der Waals surface area contributed by atoms with Crippen molar-refractivity contribution in [1.29, 1.82) is 0 Å². The van der Waals surface area contributed by atoms with Gasteiger partial charge in [0, 0.05) is 16.6 Å². The highest BCUT2D eigenvalue weighted by Gasteiger charge is 2.14. The summed E-state index contributed by atoms with van der Waals surface area (Å²) in [6, 6.07) is 0.101. The molecule has 1 atom stereocenters. The summed E-state index contributed by atoms with van der Waals surface area (Å²) in [7, 11) is 0. The largest absolute Gasteiger partial charge is 0.361 e. The summed E-state index contributed by atoms with van der Waals surface area (Å²) in [5.74, 6) is 6.91. The molecule has 0 spiro atoms. The van der Waals surface area contributed by atoms with Gasteiger partial charge >= 0.3 is 0 Å². The predicted molar refractivity (Wildman–Crippen MR) is 78.1 cm³/mol. The Hall–Kier alpha value is -1.73. The molecule has 2 heterocycles. The first-order chi connectivity index (χ1) is 9.15. The maximum atomic E-state index is 5.46. The Morgan fingerprint density at radius 2 is 2.05 bits per heavy atom. The number of hydrogen-bond acceptors (Lipinski definition) is 7. The number of rotatable bonds is 5. The van der Waals surface area contributed by atoms with Crippen LogP contribution in [0.5, 0.6) is 0 Å². The summed E-state index contributed by atoms with van der Waals surface area (Å²) in [6.45, 7) is 6.16. The molecule has 19 heavy (non-hydrogen) atoms. The highest BCUT2D eigenvalue weighted by atomic mass is 32.1. The van der Waals surface area contributed by atoms with E-state index in [2.05, 4.69) is 32.6 Å². The monoisotopic (exact) mass is 278 g/mol. The summed E-state index contributed by atoms with van der Waals surface area (Å²) < 4.78 is 0. The van der Waals surface area contributed by atoms with Crippen LogP contribution in [0.15, 0.2) is 12.5 Å². The van der Waals surface area contributed by atoms with Crippen LogP contribution in [0, 0.1) is 6.92 Å². The SMILES string of the molecule is CCc1c(NN)ncnc1NC(C)c1ncc(C)s1. The van der Waals surface area contributed by atoms with Crippen LogP contribution in [-0.2, 0) is 6.42 Å². The number of nitrogens with one attached hydrogen (secondary N) is 2. The Morgan fingerprint density at radius 1 is 1.32 bits per heavy atom. The fourth-order valence-electron chi connectivity index (χ4n) is 1.84. The Labute approximate surface area is 116 Å². The lowest BCUT2D eigenvalue weighted by molar-refractivity contribution is 0.850.